The zero-order valence-corrected chi connectivity index (χ0v) is 23.7. The summed E-state index contributed by atoms with van der Waals surface area (Å²) in [6.07, 6.45) is 15.7. The SMILES string of the molecule is CCCCCN1CC=C[C@]23S[C@]4(C)C=CCN(CCC)C(=O)[C@@H]4[C@H]2C(=O)N(CCCCCCO)C3C1=O. The van der Waals surface area contributed by atoms with Gasteiger partial charge in [0.2, 0.25) is 17.7 Å². The van der Waals surface area contributed by atoms with E-state index in [1.54, 1.807) is 11.8 Å². The molecule has 1 spiro atoms. The van der Waals surface area contributed by atoms with Gasteiger partial charge in [-0.2, -0.15) is 0 Å². The third kappa shape index (κ3) is 5.12. The number of nitrogens with zero attached hydrogens (tertiary/aromatic N) is 3. The average molecular weight is 532 g/mol. The summed E-state index contributed by atoms with van der Waals surface area (Å²) < 4.78 is -1.28. The maximum atomic E-state index is 14.3. The van der Waals surface area contributed by atoms with Gasteiger partial charge in [-0.05, 0) is 32.6 Å². The van der Waals surface area contributed by atoms with Gasteiger partial charge in [0, 0.05) is 44.1 Å². The molecular weight excluding hydrogens is 486 g/mol. The molecule has 0 aromatic carbocycles. The first kappa shape index (κ1) is 28.2. The van der Waals surface area contributed by atoms with Crippen LogP contribution in [-0.4, -0.2) is 92.4 Å². The van der Waals surface area contributed by atoms with Crippen LogP contribution in [0.4, 0.5) is 0 Å². The van der Waals surface area contributed by atoms with E-state index in [9.17, 15) is 14.4 Å². The number of likely N-dealkylation sites (tertiary alicyclic amines) is 1. The molecule has 4 rings (SSSR count). The Bertz CT molecular complexity index is 923. The Hall–Kier alpha value is -1.80. The first-order valence-corrected chi connectivity index (χ1v) is 15.2. The van der Waals surface area contributed by atoms with Crippen molar-refractivity contribution in [3.8, 4) is 0 Å². The van der Waals surface area contributed by atoms with Crippen LogP contribution in [0.3, 0.4) is 0 Å². The molecule has 7 nitrogen and oxygen atoms in total. The standard InChI is InChI=1S/C29H45N3O4S/c1-4-6-9-17-31-19-13-15-29-23(22-25(34)30(16-5-2)18-12-14-28(22,3)37-29)26(35)32(24(29)27(31)36)20-10-7-8-11-21-33/h12-15,22-24,33H,4-11,16-21H2,1-3H3/t22-,23-,24?,28+,29-/m0/s1. The minimum absolute atomic E-state index is 0.0294. The summed E-state index contributed by atoms with van der Waals surface area (Å²) in [5, 5.41) is 9.14. The van der Waals surface area contributed by atoms with E-state index in [-0.39, 0.29) is 24.3 Å². The second-order valence-corrected chi connectivity index (χ2v) is 13.0. The lowest BCUT2D eigenvalue weighted by atomic mass is 9.74. The van der Waals surface area contributed by atoms with Crippen LogP contribution >= 0.6 is 11.8 Å². The molecule has 0 aromatic rings. The summed E-state index contributed by atoms with van der Waals surface area (Å²) in [7, 11) is 0. The number of aliphatic hydroxyl groups excluding tert-OH is 1. The van der Waals surface area contributed by atoms with Crippen molar-refractivity contribution in [1.29, 1.82) is 0 Å². The molecule has 5 atom stereocenters. The molecule has 37 heavy (non-hydrogen) atoms. The average Bonchev–Trinajstić information content (AvgIpc) is 3.14. The van der Waals surface area contributed by atoms with Crippen LogP contribution in [0.25, 0.3) is 0 Å². The van der Waals surface area contributed by atoms with Gasteiger partial charge in [0.15, 0.2) is 0 Å². The Kier molecular flexibility index (Phi) is 9.10. The molecule has 8 heteroatoms. The van der Waals surface area contributed by atoms with Crippen molar-refractivity contribution in [2.45, 2.75) is 87.7 Å². The Morgan fingerprint density at radius 1 is 0.811 bits per heavy atom. The minimum atomic E-state index is -0.743. The smallest absolute Gasteiger partial charge is 0.247 e. The lowest BCUT2D eigenvalue weighted by Crippen LogP contribution is -2.53. The van der Waals surface area contributed by atoms with Crippen LogP contribution in [0.5, 0.6) is 0 Å². The molecule has 2 fully saturated rings. The number of amides is 3. The van der Waals surface area contributed by atoms with Gasteiger partial charge in [-0.25, -0.2) is 0 Å². The highest BCUT2D eigenvalue weighted by Gasteiger charge is 2.73. The van der Waals surface area contributed by atoms with Crippen LogP contribution in [0.1, 0.15) is 72.1 Å². The Labute approximate surface area is 226 Å². The Morgan fingerprint density at radius 2 is 1.49 bits per heavy atom. The summed E-state index contributed by atoms with van der Waals surface area (Å²) >= 11 is 1.67. The second-order valence-electron chi connectivity index (χ2n) is 11.2. The van der Waals surface area contributed by atoms with Crippen LogP contribution in [-0.2, 0) is 14.4 Å². The fourth-order valence-corrected chi connectivity index (χ4v) is 8.99. The normalized spacial score (nSPS) is 33.0. The molecule has 0 bridgehead atoms. The van der Waals surface area contributed by atoms with Gasteiger partial charge in [-0.3, -0.25) is 14.4 Å². The number of hydrogen-bond acceptors (Lipinski definition) is 5. The van der Waals surface area contributed by atoms with Gasteiger partial charge in [-0.1, -0.05) is 63.8 Å². The van der Waals surface area contributed by atoms with E-state index in [0.717, 1.165) is 51.4 Å². The molecule has 3 amide bonds. The summed E-state index contributed by atoms with van der Waals surface area (Å²) in [5.41, 5.74) is 0. The highest BCUT2D eigenvalue weighted by Crippen LogP contribution is 2.65. The van der Waals surface area contributed by atoms with Crippen LogP contribution in [0.15, 0.2) is 24.3 Å². The lowest BCUT2D eigenvalue weighted by molar-refractivity contribution is -0.145. The van der Waals surface area contributed by atoms with Gasteiger partial charge in [-0.15, -0.1) is 11.8 Å². The number of hydrogen-bond donors (Lipinski definition) is 1. The number of carbonyl (C=O) groups excluding carboxylic acids is 3. The maximum Gasteiger partial charge on any atom is 0.247 e. The number of aliphatic hydroxyl groups is 1. The van der Waals surface area contributed by atoms with Crippen molar-refractivity contribution in [2.75, 3.05) is 39.3 Å². The Balaban J connectivity index is 1.71. The quantitative estimate of drug-likeness (QED) is 0.307. The summed E-state index contributed by atoms with van der Waals surface area (Å²) in [6.45, 7) is 9.50. The number of fused-ring (bicyclic) bond motifs is 2. The zero-order chi connectivity index (χ0) is 26.6. The van der Waals surface area contributed by atoms with Crippen molar-refractivity contribution in [1.82, 2.24) is 14.7 Å². The number of carbonyl (C=O) groups is 3. The summed E-state index contributed by atoms with van der Waals surface area (Å²) in [5.74, 6) is -0.995. The third-order valence-corrected chi connectivity index (χ3v) is 10.4. The predicted octanol–water partition coefficient (Wildman–Crippen LogP) is 3.62. The molecule has 0 aromatic heterocycles. The summed E-state index contributed by atoms with van der Waals surface area (Å²) in [4.78, 5) is 48.1. The lowest BCUT2D eigenvalue weighted by Gasteiger charge is -2.37. The molecule has 2 saturated heterocycles. The topological polar surface area (TPSA) is 81.2 Å². The van der Waals surface area contributed by atoms with E-state index in [2.05, 4.69) is 45.1 Å². The predicted molar refractivity (Wildman–Crippen MR) is 148 cm³/mol. The van der Waals surface area contributed by atoms with E-state index in [1.807, 2.05) is 14.7 Å². The van der Waals surface area contributed by atoms with Gasteiger partial charge >= 0.3 is 0 Å². The monoisotopic (exact) mass is 531 g/mol. The van der Waals surface area contributed by atoms with Gasteiger partial charge in [0.1, 0.15) is 6.04 Å². The molecule has 0 aliphatic carbocycles. The number of unbranched alkanes of at least 4 members (excludes halogenated alkanes) is 5. The molecule has 206 valence electrons. The van der Waals surface area contributed by atoms with E-state index in [0.29, 0.717) is 32.7 Å². The Morgan fingerprint density at radius 3 is 2.19 bits per heavy atom. The van der Waals surface area contributed by atoms with E-state index < -0.39 is 27.4 Å². The molecule has 0 saturated carbocycles. The minimum Gasteiger partial charge on any atom is -0.396 e. The highest BCUT2D eigenvalue weighted by molar-refractivity contribution is 8.02. The molecule has 1 N–H and O–H groups in total. The van der Waals surface area contributed by atoms with Crippen molar-refractivity contribution in [3.63, 3.8) is 0 Å². The van der Waals surface area contributed by atoms with Crippen molar-refractivity contribution < 1.29 is 19.5 Å². The molecular formula is C29H45N3O4S. The van der Waals surface area contributed by atoms with E-state index in [4.69, 9.17) is 5.11 Å². The molecule has 1 unspecified atom stereocenters. The van der Waals surface area contributed by atoms with Crippen LogP contribution in [0.2, 0.25) is 0 Å². The van der Waals surface area contributed by atoms with E-state index >= 15 is 0 Å². The third-order valence-electron chi connectivity index (χ3n) is 8.56. The van der Waals surface area contributed by atoms with Gasteiger partial charge in [0.05, 0.1) is 16.6 Å². The second kappa shape index (κ2) is 11.9. The number of rotatable bonds is 12. The summed E-state index contributed by atoms with van der Waals surface area (Å²) in [6, 6.07) is -0.585. The van der Waals surface area contributed by atoms with Gasteiger partial charge < -0.3 is 19.8 Å². The van der Waals surface area contributed by atoms with Crippen molar-refractivity contribution >= 4 is 29.5 Å². The fraction of sp³-hybridized carbons (Fsp3) is 0.759. The van der Waals surface area contributed by atoms with E-state index in [1.165, 1.54) is 0 Å². The van der Waals surface area contributed by atoms with Gasteiger partial charge in [0.25, 0.3) is 0 Å². The van der Waals surface area contributed by atoms with Crippen LogP contribution < -0.4 is 0 Å². The molecule has 4 aliphatic rings. The zero-order valence-electron chi connectivity index (χ0n) is 22.9. The molecule has 4 heterocycles. The van der Waals surface area contributed by atoms with Crippen LogP contribution in [0, 0.1) is 11.8 Å². The largest absolute Gasteiger partial charge is 0.396 e. The molecule has 4 aliphatic heterocycles. The molecule has 0 radical (unpaired) electrons. The van der Waals surface area contributed by atoms with Crippen molar-refractivity contribution in [2.24, 2.45) is 11.8 Å². The number of thioether (sulfide) groups is 1. The first-order valence-electron chi connectivity index (χ1n) is 14.4. The first-order chi connectivity index (χ1) is 17.8. The van der Waals surface area contributed by atoms with Crippen molar-refractivity contribution in [3.05, 3.63) is 24.3 Å². The fourth-order valence-electron chi connectivity index (χ4n) is 6.83. The maximum absolute atomic E-state index is 14.3. The highest BCUT2D eigenvalue weighted by atomic mass is 32.2.